The molecule has 2 aromatic carbocycles. The molecule has 1 atom stereocenters. The highest BCUT2D eigenvalue weighted by Crippen LogP contribution is 2.31. The van der Waals surface area contributed by atoms with Crippen LogP contribution in [0, 0.1) is 13.8 Å². The van der Waals surface area contributed by atoms with Crippen LogP contribution in [0.1, 0.15) is 30.0 Å². The third-order valence-electron chi connectivity index (χ3n) is 4.74. The molecule has 0 bridgehead atoms. The SMILES string of the molecule is CCc1ccc(N=C2S[C@@H](CC(=O)Nc3ccc(C)cc3C)C(=O)N2C)cc1. The highest BCUT2D eigenvalue weighted by molar-refractivity contribution is 8.15. The van der Waals surface area contributed by atoms with Crippen molar-refractivity contribution >= 4 is 40.1 Å². The van der Waals surface area contributed by atoms with Crippen molar-refractivity contribution < 1.29 is 9.59 Å². The predicted octanol–water partition coefficient (Wildman–Crippen LogP) is 4.46. The molecule has 0 unspecified atom stereocenters. The number of nitrogens with one attached hydrogen (secondary N) is 1. The predicted molar refractivity (Wildman–Crippen MR) is 116 cm³/mol. The summed E-state index contributed by atoms with van der Waals surface area (Å²) < 4.78 is 0. The first-order chi connectivity index (χ1) is 13.4. The van der Waals surface area contributed by atoms with E-state index in [0.717, 1.165) is 28.9 Å². The minimum atomic E-state index is -0.454. The van der Waals surface area contributed by atoms with Crippen molar-refractivity contribution in [3.63, 3.8) is 0 Å². The number of amides is 2. The van der Waals surface area contributed by atoms with Gasteiger partial charge in [0.05, 0.1) is 5.69 Å². The Balaban J connectivity index is 1.67. The molecule has 0 aliphatic carbocycles. The summed E-state index contributed by atoms with van der Waals surface area (Å²) in [7, 11) is 1.70. The maximum Gasteiger partial charge on any atom is 0.242 e. The van der Waals surface area contributed by atoms with Crippen LogP contribution in [0.15, 0.2) is 47.5 Å². The van der Waals surface area contributed by atoms with Gasteiger partial charge in [0.15, 0.2) is 5.17 Å². The lowest BCUT2D eigenvalue weighted by molar-refractivity contribution is -0.127. The van der Waals surface area contributed by atoms with E-state index in [0.29, 0.717) is 5.17 Å². The lowest BCUT2D eigenvalue weighted by Crippen LogP contribution is -2.30. The second-order valence-electron chi connectivity index (χ2n) is 6.99. The zero-order valence-electron chi connectivity index (χ0n) is 16.7. The average Bonchev–Trinajstić information content (AvgIpc) is 2.92. The van der Waals surface area contributed by atoms with Crippen molar-refractivity contribution in [1.82, 2.24) is 4.90 Å². The number of rotatable bonds is 5. The van der Waals surface area contributed by atoms with Gasteiger partial charge in [0.1, 0.15) is 5.25 Å². The average molecular weight is 396 g/mol. The molecular formula is C22H25N3O2S. The van der Waals surface area contributed by atoms with Gasteiger partial charge in [-0.1, -0.05) is 48.5 Å². The molecule has 6 heteroatoms. The number of nitrogens with zero attached hydrogens (tertiary/aromatic N) is 2. The largest absolute Gasteiger partial charge is 0.326 e. The number of aliphatic imine (C=N–C) groups is 1. The number of aryl methyl sites for hydroxylation is 3. The fourth-order valence-corrected chi connectivity index (χ4v) is 4.19. The second kappa shape index (κ2) is 8.61. The highest BCUT2D eigenvalue weighted by atomic mass is 32.2. The lowest BCUT2D eigenvalue weighted by Gasteiger charge is -2.11. The lowest BCUT2D eigenvalue weighted by atomic mass is 10.1. The maximum atomic E-state index is 12.6. The first kappa shape index (κ1) is 20.1. The van der Waals surface area contributed by atoms with Crippen molar-refractivity contribution in [2.45, 2.75) is 38.9 Å². The third-order valence-corrected chi connectivity index (χ3v) is 5.97. The van der Waals surface area contributed by atoms with E-state index in [1.807, 2.05) is 56.3 Å². The summed E-state index contributed by atoms with van der Waals surface area (Å²) in [6.07, 6.45) is 1.09. The van der Waals surface area contributed by atoms with Crippen LogP contribution in [0.3, 0.4) is 0 Å². The molecule has 2 aromatic rings. The first-order valence-corrected chi connectivity index (χ1v) is 10.2. The van der Waals surface area contributed by atoms with Crippen LogP contribution < -0.4 is 5.32 Å². The topological polar surface area (TPSA) is 61.8 Å². The Morgan fingerprint density at radius 2 is 1.89 bits per heavy atom. The summed E-state index contributed by atoms with van der Waals surface area (Å²) in [6, 6.07) is 13.8. The van der Waals surface area contributed by atoms with E-state index < -0.39 is 5.25 Å². The molecule has 3 rings (SSSR count). The van der Waals surface area contributed by atoms with E-state index in [1.165, 1.54) is 22.2 Å². The molecule has 2 amide bonds. The Morgan fingerprint density at radius 3 is 2.54 bits per heavy atom. The number of carbonyl (C=O) groups excluding carboxylic acids is 2. The molecule has 0 saturated carbocycles. The van der Waals surface area contributed by atoms with Crippen molar-refractivity contribution in [3.05, 3.63) is 59.2 Å². The van der Waals surface area contributed by atoms with Crippen LogP contribution in [0.4, 0.5) is 11.4 Å². The third kappa shape index (κ3) is 4.62. The smallest absolute Gasteiger partial charge is 0.242 e. The van der Waals surface area contributed by atoms with Crippen LogP contribution in [0.25, 0.3) is 0 Å². The number of benzene rings is 2. The van der Waals surface area contributed by atoms with Crippen molar-refractivity contribution in [2.75, 3.05) is 12.4 Å². The second-order valence-corrected chi connectivity index (χ2v) is 8.16. The van der Waals surface area contributed by atoms with E-state index in [1.54, 1.807) is 7.05 Å². The number of anilines is 1. The number of hydrogen-bond acceptors (Lipinski definition) is 4. The van der Waals surface area contributed by atoms with E-state index in [9.17, 15) is 9.59 Å². The molecule has 0 radical (unpaired) electrons. The minimum absolute atomic E-state index is 0.0929. The first-order valence-electron chi connectivity index (χ1n) is 9.36. The van der Waals surface area contributed by atoms with Gasteiger partial charge in [-0.3, -0.25) is 14.5 Å². The summed E-state index contributed by atoms with van der Waals surface area (Å²) in [5.74, 6) is -0.260. The van der Waals surface area contributed by atoms with Gasteiger partial charge < -0.3 is 5.32 Å². The zero-order chi connectivity index (χ0) is 20.3. The van der Waals surface area contributed by atoms with E-state index in [2.05, 4.69) is 17.2 Å². The number of amidine groups is 1. The summed E-state index contributed by atoms with van der Waals surface area (Å²) in [5, 5.41) is 3.08. The summed E-state index contributed by atoms with van der Waals surface area (Å²) >= 11 is 1.34. The Labute approximate surface area is 170 Å². The quantitative estimate of drug-likeness (QED) is 0.813. The minimum Gasteiger partial charge on any atom is -0.326 e. The Bertz CT molecular complexity index is 922. The van der Waals surface area contributed by atoms with Gasteiger partial charge in [0.2, 0.25) is 11.8 Å². The summed E-state index contributed by atoms with van der Waals surface area (Å²) in [5.41, 5.74) is 4.98. The molecular weight excluding hydrogens is 370 g/mol. The van der Waals surface area contributed by atoms with Crippen LogP contribution in [0.2, 0.25) is 0 Å². The number of thioether (sulfide) groups is 1. The Kier molecular flexibility index (Phi) is 6.19. The summed E-state index contributed by atoms with van der Waals surface area (Å²) in [6.45, 7) is 6.08. The monoisotopic (exact) mass is 395 g/mol. The van der Waals surface area contributed by atoms with Crippen LogP contribution in [-0.4, -0.2) is 34.2 Å². The number of hydrogen-bond donors (Lipinski definition) is 1. The normalized spacial score (nSPS) is 18.0. The van der Waals surface area contributed by atoms with Gasteiger partial charge >= 0.3 is 0 Å². The van der Waals surface area contributed by atoms with Gasteiger partial charge in [-0.2, -0.15) is 0 Å². The molecule has 1 fully saturated rings. The van der Waals surface area contributed by atoms with E-state index in [4.69, 9.17) is 0 Å². The molecule has 1 heterocycles. The molecule has 1 aliphatic heterocycles. The van der Waals surface area contributed by atoms with Crippen LogP contribution in [0.5, 0.6) is 0 Å². The van der Waals surface area contributed by atoms with E-state index in [-0.39, 0.29) is 18.2 Å². The van der Waals surface area contributed by atoms with Gasteiger partial charge in [0, 0.05) is 19.2 Å². The van der Waals surface area contributed by atoms with Crippen molar-refractivity contribution in [2.24, 2.45) is 4.99 Å². The Morgan fingerprint density at radius 1 is 1.18 bits per heavy atom. The van der Waals surface area contributed by atoms with Gasteiger partial charge in [-0.25, -0.2) is 4.99 Å². The maximum absolute atomic E-state index is 12.6. The van der Waals surface area contributed by atoms with Crippen LogP contribution in [-0.2, 0) is 16.0 Å². The zero-order valence-corrected chi connectivity index (χ0v) is 17.5. The Hall–Kier alpha value is -2.60. The highest BCUT2D eigenvalue weighted by Gasteiger charge is 2.37. The molecule has 1 aliphatic rings. The van der Waals surface area contributed by atoms with Gasteiger partial charge in [-0.15, -0.1) is 0 Å². The molecule has 0 spiro atoms. The fourth-order valence-electron chi connectivity index (χ4n) is 3.04. The standard InChI is InChI=1S/C22H25N3O2S/c1-5-16-7-9-17(10-8-16)23-22-25(4)21(27)19(28-22)13-20(26)24-18-11-6-14(2)12-15(18)3/h6-12,19H,5,13H2,1-4H3,(H,24,26)/t19-/m0/s1. The fraction of sp³-hybridized carbons (Fsp3) is 0.318. The number of carbonyl (C=O) groups is 2. The molecule has 146 valence electrons. The molecule has 5 nitrogen and oxygen atoms in total. The molecule has 1 saturated heterocycles. The van der Waals surface area contributed by atoms with Crippen molar-refractivity contribution in [3.8, 4) is 0 Å². The summed E-state index contributed by atoms with van der Waals surface area (Å²) in [4.78, 5) is 31.1. The molecule has 0 aromatic heterocycles. The molecule has 28 heavy (non-hydrogen) atoms. The van der Waals surface area contributed by atoms with Crippen LogP contribution >= 0.6 is 11.8 Å². The van der Waals surface area contributed by atoms with E-state index >= 15 is 0 Å². The van der Waals surface area contributed by atoms with Gasteiger partial charge in [-0.05, 0) is 49.6 Å². The van der Waals surface area contributed by atoms with Crippen molar-refractivity contribution in [1.29, 1.82) is 0 Å². The molecule has 1 N–H and O–H groups in total. The van der Waals surface area contributed by atoms with Gasteiger partial charge in [0.25, 0.3) is 0 Å².